The van der Waals surface area contributed by atoms with Gasteiger partial charge in [-0.3, -0.25) is 14.8 Å². The monoisotopic (exact) mass is 390 g/mol. The van der Waals surface area contributed by atoms with Crippen LogP contribution in [-0.4, -0.2) is 46.4 Å². The van der Waals surface area contributed by atoms with Crippen molar-refractivity contribution in [1.82, 2.24) is 14.9 Å². The Labute approximate surface area is 168 Å². The standard InChI is InChI=1S/C22H22N4O3/c1-14(21(27)24-15-7-10-23-11-8-15)29-22(28)20-16-5-3-4-6-18(16)25-19-9-12-26(2)13-17(19)20/h3-8,10-11,14H,9,12-13H2,1-2H3,(H,23,24,27). The topological polar surface area (TPSA) is 84.4 Å². The summed E-state index contributed by atoms with van der Waals surface area (Å²) in [5, 5.41) is 3.47. The number of nitrogens with one attached hydrogen (secondary N) is 1. The largest absolute Gasteiger partial charge is 0.449 e. The number of carbonyl (C=O) groups excluding carboxylic acids is 2. The van der Waals surface area contributed by atoms with Gasteiger partial charge in [0.2, 0.25) is 0 Å². The van der Waals surface area contributed by atoms with Crippen LogP contribution in [0.25, 0.3) is 10.9 Å². The Hall–Kier alpha value is -3.32. The summed E-state index contributed by atoms with van der Waals surface area (Å²) < 4.78 is 5.57. The number of likely N-dealkylation sites (N-methyl/N-ethyl adjacent to an activating group) is 1. The van der Waals surface area contributed by atoms with Crippen LogP contribution >= 0.6 is 0 Å². The summed E-state index contributed by atoms with van der Waals surface area (Å²) >= 11 is 0. The van der Waals surface area contributed by atoms with Gasteiger partial charge in [0.05, 0.1) is 11.1 Å². The minimum absolute atomic E-state index is 0.395. The van der Waals surface area contributed by atoms with Gasteiger partial charge in [-0.1, -0.05) is 18.2 Å². The molecule has 0 saturated carbocycles. The second-order valence-electron chi connectivity index (χ2n) is 7.19. The van der Waals surface area contributed by atoms with Crippen molar-refractivity contribution >= 4 is 28.5 Å². The molecule has 0 saturated heterocycles. The van der Waals surface area contributed by atoms with Crippen molar-refractivity contribution in [2.24, 2.45) is 0 Å². The van der Waals surface area contributed by atoms with E-state index in [0.29, 0.717) is 17.8 Å². The fourth-order valence-corrected chi connectivity index (χ4v) is 3.51. The van der Waals surface area contributed by atoms with Gasteiger partial charge in [0.15, 0.2) is 6.10 Å². The summed E-state index contributed by atoms with van der Waals surface area (Å²) in [4.78, 5) is 36.4. The van der Waals surface area contributed by atoms with Crippen LogP contribution in [0.5, 0.6) is 0 Å². The van der Waals surface area contributed by atoms with E-state index in [9.17, 15) is 9.59 Å². The molecule has 1 amide bonds. The third-order valence-corrected chi connectivity index (χ3v) is 5.04. The molecule has 1 N–H and O–H groups in total. The van der Waals surface area contributed by atoms with Gasteiger partial charge in [0, 0.05) is 54.2 Å². The SMILES string of the molecule is CC(OC(=O)c1c2c(nc3ccccc13)CCN(C)C2)C(=O)Nc1ccncc1. The molecule has 1 aliphatic heterocycles. The number of ether oxygens (including phenoxy) is 1. The van der Waals surface area contributed by atoms with E-state index in [4.69, 9.17) is 9.72 Å². The lowest BCUT2D eigenvalue weighted by molar-refractivity contribution is -0.123. The average Bonchev–Trinajstić information content (AvgIpc) is 2.72. The Morgan fingerprint density at radius 2 is 1.93 bits per heavy atom. The molecular formula is C22H22N4O3. The van der Waals surface area contributed by atoms with E-state index < -0.39 is 18.0 Å². The van der Waals surface area contributed by atoms with E-state index in [2.05, 4.69) is 15.2 Å². The maximum absolute atomic E-state index is 13.1. The molecule has 1 atom stereocenters. The molecule has 0 fully saturated rings. The molecule has 0 spiro atoms. The number of anilines is 1. The highest BCUT2D eigenvalue weighted by atomic mass is 16.5. The Morgan fingerprint density at radius 3 is 2.72 bits per heavy atom. The van der Waals surface area contributed by atoms with E-state index in [1.54, 1.807) is 31.5 Å². The number of hydrogen-bond acceptors (Lipinski definition) is 6. The van der Waals surface area contributed by atoms with Crippen LogP contribution in [0.4, 0.5) is 5.69 Å². The van der Waals surface area contributed by atoms with E-state index >= 15 is 0 Å². The van der Waals surface area contributed by atoms with Gasteiger partial charge in [-0.15, -0.1) is 0 Å². The maximum atomic E-state index is 13.1. The first-order valence-electron chi connectivity index (χ1n) is 9.54. The number of nitrogens with zero attached hydrogens (tertiary/aromatic N) is 3. The molecule has 29 heavy (non-hydrogen) atoms. The molecule has 1 aromatic carbocycles. The zero-order chi connectivity index (χ0) is 20.4. The molecule has 4 rings (SSSR count). The van der Waals surface area contributed by atoms with Crippen LogP contribution in [0.2, 0.25) is 0 Å². The molecule has 148 valence electrons. The van der Waals surface area contributed by atoms with Gasteiger partial charge in [0.1, 0.15) is 0 Å². The number of benzene rings is 1. The van der Waals surface area contributed by atoms with Crippen molar-refractivity contribution in [1.29, 1.82) is 0 Å². The Bertz CT molecular complexity index is 1070. The predicted octanol–water partition coefficient (Wildman–Crippen LogP) is 2.80. The fourth-order valence-electron chi connectivity index (χ4n) is 3.51. The number of para-hydroxylation sites is 1. The van der Waals surface area contributed by atoms with Gasteiger partial charge in [0.25, 0.3) is 5.91 Å². The van der Waals surface area contributed by atoms with Crippen LogP contribution in [0.3, 0.4) is 0 Å². The summed E-state index contributed by atoms with van der Waals surface area (Å²) in [5.41, 5.74) is 3.66. The van der Waals surface area contributed by atoms with E-state index in [1.807, 2.05) is 31.3 Å². The Morgan fingerprint density at radius 1 is 1.17 bits per heavy atom. The zero-order valence-electron chi connectivity index (χ0n) is 16.4. The number of pyridine rings is 2. The quantitative estimate of drug-likeness (QED) is 0.690. The molecule has 3 aromatic rings. The molecule has 2 aromatic heterocycles. The summed E-state index contributed by atoms with van der Waals surface area (Å²) in [6, 6.07) is 10.9. The number of esters is 1. The summed E-state index contributed by atoms with van der Waals surface area (Å²) in [5.74, 6) is -0.901. The van der Waals surface area contributed by atoms with Gasteiger partial charge in [-0.2, -0.15) is 0 Å². The first-order chi connectivity index (χ1) is 14.0. The minimum atomic E-state index is -0.945. The van der Waals surface area contributed by atoms with E-state index in [0.717, 1.165) is 35.1 Å². The zero-order valence-corrected chi connectivity index (χ0v) is 16.4. The van der Waals surface area contributed by atoms with Crippen LogP contribution in [-0.2, 0) is 22.5 Å². The smallest absolute Gasteiger partial charge is 0.339 e. The number of fused-ring (bicyclic) bond motifs is 2. The molecule has 1 unspecified atom stereocenters. The van der Waals surface area contributed by atoms with Crippen LogP contribution in [0.15, 0.2) is 48.8 Å². The lowest BCUT2D eigenvalue weighted by atomic mass is 9.96. The molecule has 0 aliphatic carbocycles. The lowest BCUT2D eigenvalue weighted by Gasteiger charge is -2.27. The Balaban J connectivity index is 1.62. The normalized spacial score (nSPS) is 14.8. The number of amides is 1. The highest BCUT2D eigenvalue weighted by Gasteiger charge is 2.27. The number of aromatic nitrogens is 2. The molecule has 0 bridgehead atoms. The maximum Gasteiger partial charge on any atom is 0.339 e. The molecule has 7 heteroatoms. The average molecular weight is 390 g/mol. The lowest BCUT2D eigenvalue weighted by Crippen LogP contribution is -2.32. The first-order valence-corrected chi connectivity index (χ1v) is 9.54. The van der Waals surface area contributed by atoms with Crippen LogP contribution in [0, 0.1) is 0 Å². The molecular weight excluding hydrogens is 368 g/mol. The molecule has 7 nitrogen and oxygen atoms in total. The predicted molar refractivity (Wildman–Crippen MR) is 110 cm³/mol. The number of rotatable bonds is 4. The first kappa shape index (κ1) is 19.0. The van der Waals surface area contributed by atoms with Crippen molar-refractivity contribution < 1.29 is 14.3 Å². The number of hydrogen-bond donors (Lipinski definition) is 1. The second kappa shape index (κ2) is 7.97. The number of carbonyl (C=O) groups is 2. The third-order valence-electron chi connectivity index (χ3n) is 5.04. The molecule has 1 aliphatic rings. The summed E-state index contributed by atoms with van der Waals surface area (Å²) in [7, 11) is 2.01. The van der Waals surface area contributed by atoms with Gasteiger partial charge in [-0.25, -0.2) is 4.79 Å². The second-order valence-corrected chi connectivity index (χ2v) is 7.19. The molecule has 3 heterocycles. The van der Waals surface area contributed by atoms with Gasteiger partial charge < -0.3 is 15.0 Å². The van der Waals surface area contributed by atoms with Crippen LogP contribution in [0.1, 0.15) is 28.5 Å². The van der Waals surface area contributed by atoms with E-state index in [1.165, 1.54) is 0 Å². The van der Waals surface area contributed by atoms with Crippen molar-refractivity contribution in [3.63, 3.8) is 0 Å². The van der Waals surface area contributed by atoms with Crippen molar-refractivity contribution in [3.8, 4) is 0 Å². The van der Waals surface area contributed by atoms with Crippen molar-refractivity contribution in [3.05, 3.63) is 65.6 Å². The highest BCUT2D eigenvalue weighted by molar-refractivity contribution is 6.06. The van der Waals surface area contributed by atoms with Gasteiger partial charge in [-0.05, 0) is 32.2 Å². The van der Waals surface area contributed by atoms with Crippen LogP contribution < -0.4 is 5.32 Å². The van der Waals surface area contributed by atoms with Crippen molar-refractivity contribution in [2.75, 3.05) is 18.9 Å². The van der Waals surface area contributed by atoms with Gasteiger partial charge >= 0.3 is 5.97 Å². The fraction of sp³-hybridized carbons (Fsp3) is 0.273. The summed E-state index contributed by atoms with van der Waals surface area (Å²) in [6.45, 7) is 3.07. The third kappa shape index (κ3) is 3.95. The minimum Gasteiger partial charge on any atom is -0.449 e. The Kier molecular flexibility index (Phi) is 5.22. The van der Waals surface area contributed by atoms with E-state index in [-0.39, 0.29) is 0 Å². The highest BCUT2D eigenvalue weighted by Crippen LogP contribution is 2.28. The summed E-state index contributed by atoms with van der Waals surface area (Å²) in [6.07, 6.45) is 2.99. The molecule has 0 radical (unpaired) electrons. The van der Waals surface area contributed by atoms with Crippen molar-refractivity contribution in [2.45, 2.75) is 26.0 Å².